The van der Waals surface area contributed by atoms with Gasteiger partial charge in [-0.3, -0.25) is 4.79 Å². The van der Waals surface area contributed by atoms with Gasteiger partial charge in [0.2, 0.25) is 0 Å². The number of carbonyl (C=O) groups excluding carboxylic acids is 1. The fraction of sp³-hybridized carbons (Fsp3) is 0.115. The summed E-state index contributed by atoms with van der Waals surface area (Å²) in [6, 6.07) is 29.4. The number of nitrogens with two attached hydrogens (primary N) is 1. The second-order valence-electron chi connectivity index (χ2n) is 7.07. The topological polar surface area (TPSA) is 52.3 Å². The van der Waals surface area contributed by atoms with Crippen LogP contribution in [0.25, 0.3) is 32.0 Å². The molecule has 0 aliphatic rings. The summed E-state index contributed by atoms with van der Waals surface area (Å²) in [5.74, 6) is -0.393. The molecule has 0 bridgehead atoms. The predicted octanol–water partition coefficient (Wildman–Crippen LogP) is 6.06. The van der Waals surface area contributed by atoms with Crippen LogP contribution in [0.2, 0.25) is 0 Å². The molecule has 0 radical (unpaired) electrons. The van der Waals surface area contributed by atoms with Gasteiger partial charge in [0, 0.05) is 9.75 Å². The molecule has 0 saturated heterocycles. The third kappa shape index (κ3) is 4.35. The van der Waals surface area contributed by atoms with Crippen molar-refractivity contribution in [3.8, 4) is 32.0 Å². The molecule has 1 heterocycles. The van der Waals surface area contributed by atoms with Crippen LogP contribution in [0.5, 0.6) is 0 Å². The molecule has 0 amide bonds. The van der Waals surface area contributed by atoms with Crippen LogP contribution in [0.4, 0.5) is 0 Å². The zero-order valence-corrected chi connectivity index (χ0v) is 17.6. The highest BCUT2D eigenvalue weighted by Gasteiger charge is 2.11. The van der Waals surface area contributed by atoms with Crippen molar-refractivity contribution in [1.82, 2.24) is 0 Å². The first kappa shape index (κ1) is 20.1. The van der Waals surface area contributed by atoms with E-state index in [0.717, 1.165) is 11.1 Å². The molecule has 0 aliphatic heterocycles. The van der Waals surface area contributed by atoms with Gasteiger partial charge in [-0.25, -0.2) is 0 Å². The van der Waals surface area contributed by atoms with Crippen molar-refractivity contribution in [2.75, 3.05) is 6.54 Å². The second kappa shape index (κ2) is 9.08. The molecule has 1 aromatic heterocycles. The normalized spacial score (nSPS) is 10.7. The Hall–Kier alpha value is -3.21. The largest absolute Gasteiger partial charge is 0.460 e. The molecular formula is C26H23NO2S. The Bertz CT molecular complexity index is 1150. The summed E-state index contributed by atoms with van der Waals surface area (Å²) in [7, 11) is 0. The Morgan fingerprint density at radius 3 is 2.23 bits per heavy atom. The van der Waals surface area contributed by atoms with E-state index in [9.17, 15) is 4.79 Å². The lowest BCUT2D eigenvalue weighted by molar-refractivity contribution is -0.143. The fourth-order valence-electron chi connectivity index (χ4n) is 3.46. The molecule has 0 unspecified atom stereocenters. The Balaban J connectivity index is 1.57. The molecule has 0 spiro atoms. The molecule has 0 saturated carbocycles. The maximum absolute atomic E-state index is 11.2. The van der Waals surface area contributed by atoms with E-state index < -0.39 is 5.97 Å². The monoisotopic (exact) mass is 413 g/mol. The van der Waals surface area contributed by atoms with Crippen LogP contribution < -0.4 is 5.73 Å². The van der Waals surface area contributed by atoms with Crippen molar-refractivity contribution in [2.45, 2.75) is 13.5 Å². The summed E-state index contributed by atoms with van der Waals surface area (Å²) >= 11 is 1.78. The van der Waals surface area contributed by atoms with E-state index in [1.807, 2.05) is 18.2 Å². The highest BCUT2D eigenvalue weighted by Crippen LogP contribution is 2.38. The van der Waals surface area contributed by atoms with Gasteiger partial charge in [0.05, 0.1) is 6.54 Å². The SMILES string of the molecule is Cc1c(-c2ccccc2)cccc1-c1ccc(-c2ccc(COC(=O)CN)cc2)s1. The zero-order chi connectivity index (χ0) is 20.9. The highest BCUT2D eigenvalue weighted by molar-refractivity contribution is 7.18. The first-order chi connectivity index (χ1) is 14.7. The average Bonchev–Trinajstić information content (AvgIpc) is 3.28. The van der Waals surface area contributed by atoms with E-state index in [4.69, 9.17) is 10.5 Å². The van der Waals surface area contributed by atoms with Gasteiger partial charge in [-0.05, 0) is 52.4 Å². The van der Waals surface area contributed by atoms with Gasteiger partial charge < -0.3 is 10.5 Å². The molecule has 30 heavy (non-hydrogen) atoms. The van der Waals surface area contributed by atoms with Gasteiger partial charge in [0.15, 0.2) is 0 Å². The summed E-state index contributed by atoms with van der Waals surface area (Å²) in [5.41, 5.74) is 12.4. The second-order valence-corrected chi connectivity index (χ2v) is 8.15. The Morgan fingerprint density at radius 1 is 0.800 bits per heavy atom. The van der Waals surface area contributed by atoms with E-state index in [1.165, 1.54) is 32.0 Å². The lowest BCUT2D eigenvalue weighted by Crippen LogP contribution is -2.16. The first-order valence-corrected chi connectivity index (χ1v) is 10.7. The molecule has 3 aromatic carbocycles. The Morgan fingerprint density at radius 2 is 1.50 bits per heavy atom. The molecule has 4 heteroatoms. The standard InChI is InChI=1S/C26H23NO2S/c1-18-22(20-6-3-2-4-7-20)8-5-9-23(18)25-15-14-24(30-25)21-12-10-19(11-13-21)17-29-26(28)16-27/h2-15H,16-17,27H2,1H3. The molecule has 4 rings (SSSR count). The van der Waals surface area contributed by atoms with Crippen LogP contribution in [0.15, 0.2) is 84.9 Å². The number of thiophene rings is 1. The first-order valence-electron chi connectivity index (χ1n) is 9.86. The number of esters is 1. The van der Waals surface area contributed by atoms with Crippen LogP contribution in [0, 0.1) is 6.92 Å². The van der Waals surface area contributed by atoms with Gasteiger partial charge in [-0.2, -0.15) is 0 Å². The number of carbonyl (C=O) groups is 1. The van der Waals surface area contributed by atoms with Crippen molar-refractivity contribution in [2.24, 2.45) is 5.73 Å². The van der Waals surface area contributed by atoms with Crippen molar-refractivity contribution >= 4 is 17.3 Å². The van der Waals surface area contributed by atoms with Crippen LogP contribution in [0.3, 0.4) is 0 Å². The van der Waals surface area contributed by atoms with Crippen LogP contribution in [0.1, 0.15) is 11.1 Å². The van der Waals surface area contributed by atoms with Gasteiger partial charge in [-0.15, -0.1) is 11.3 Å². The minimum Gasteiger partial charge on any atom is -0.460 e. The third-order valence-corrected chi connectivity index (χ3v) is 6.26. The number of benzene rings is 3. The Labute approximate surface area is 180 Å². The molecule has 4 aromatic rings. The van der Waals surface area contributed by atoms with E-state index in [-0.39, 0.29) is 13.2 Å². The minimum absolute atomic E-state index is 0.0963. The van der Waals surface area contributed by atoms with E-state index in [1.54, 1.807) is 11.3 Å². The van der Waals surface area contributed by atoms with Gasteiger partial charge in [0.1, 0.15) is 6.61 Å². The van der Waals surface area contributed by atoms with Crippen molar-refractivity contribution in [1.29, 1.82) is 0 Å². The zero-order valence-electron chi connectivity index (χ0n) is 16.8. The van der Waals surface area contributed by atoms with Gasteiger partial charge in [0.25, 0.3) is 0 Å². The molecule has 2 N–H and O–H groups in total. The van der Waals surface area contributed by atoms with Crippen molar-refractivity contribution in [3.63, 3.8) is 0 Å². The molecule has 0 atom stereocenters. The number of hydrogen-bond donors (Lipinski definition) is 1. The summed E-state index contributed by atoms with van der Waals surface area (Å²) < 4.78 is 5.08. The molecule has 150 valence electrons. The lowest BCUT2D eigenvalue weighted by atomic mass is 9.96. The summed E-state index contributed by atoms with van der Waals surface area (Å²) in [4.78, 5) is 13.7. The fourth-order valence-corrected chi connectivity index (χ4v) is 4.55. The number of hydrogen-bond acceptors (Lipinski definition) is 4. The summed E-state index contributed by atoms with van der Waals surface area (Å²) in [5, 5.41) is 0. The molecule has 0 aliphatic carbocycles. The van der Waals surface area contributed by atoms with Crippen LogP contribution >= 0.6 is 11.3 Å². The van der Waals surface area contributed by atoms with E-state index >= 15 is 0 Å². The maximum atomic E-state index is 11.2. The van der Waals surface area contributed by atoms with Crippen LogP contribution in [-0.2, 0) is 16.1 Å². The van der Waals surface area contributed by atoms with Gasteiger partial charge in [-0.1, -0.05) is 72.8 Å². The Kier molecular flexibility index (Phi) is 6.07. The smallest absolute Gasteiger partial charge is 0.320 e. The molecule has 3 nitrogen and oxygen atoms in total. The average molecular weight is 414 g/mol. The molecule has 0 fully saturated rings. The van der Waals surface area contributed by atoms with E-state index in [2.05, 4.69) is 73.7 Å². The van der Waals surface area contributed by atoms with E-state index in [0.29, 0.717) is 0 Å². The number of ether oxygens (including phenoxy) is 1. The minimum atomic E-state index is -0.393. The third-order valence-electron chi connectivity index (χ3n) is 5.09. The van der Waals surface area contributed by atoms with Crippen molar-refractivity contribution in [3.05, 3.63) is 96.1 Å². The lowest BCUT2D eigenvalue weighted by Gasteiger charge is -2.10. The van der Waals surface area contributed by atoms with Gasteiger partial charge >= 0.3 is 5.97 Å². The quantitative estimate of drug-likeness (QED) is 0.391. The maximum Gasteiger partial charge on any atom is 0.320 e. The summed E-state index contributed by atoms with van der Waals surface area (Å²) in [6.45, 7) is 2.34. The van der Waals surface area contributed by atoms with Crippen LogP contribution in [-0.4, -0.2) is 12.5 Å². The number of rotatable bonds is 6. The van der Waals surface area contributed by atoms with Crippen molar-refractivity contribution < 1.29 is 9.53 Å². The highest BCUT2D eigenvalue weighted by atomic mass is 32.1. The predicted molar refractivity (Wildman–Crippen MR) is 124 cm³/mol. The summed E-state index contributed by atoms with van der Waals surface area (Å²) in [6.07, 6.45) is 0. The molecular weight excluding hydrogens is 390 g/mol.